The van der Waals surface area contributed by atoms with Crippen LogP contribution in [0.5, 0.6) is 0 Å². The van der Waals surface area contributed by atoms with Gasteiger partial charge in [-0.3, -0.25) is 24.3 Å². The molecule has 6 nitrogen and oxygen atoms in total. The third-order valence-corrected chi connectivity index (χ3v) is 8.10. The third-order valence-electron chi connectivity index (χ3n) is 7.77. The number of rotatable bonds is 5. The van der Waals surface area contributed by atoms with E-state index in [2.05, 4.69) is 4.98 Å². The zero-order valence-electron chi connectivity index (χ0n) is 19.3. The number of hydrogen-bond donors (Lipinski definition) is 0. The van der Waals surface area contributed by atoms with Crippen LogP contribution in [0.25, 0.3) is 0 Å². The van der Waals surface area contributed by atoms with Gasteiger partial charge in [-0.2, -0.15) is 0 Å². The Labute approximate surface area is 205 Å². The van der Waals surface area contributed by atoms with E-state index >= 15 is 0 Å². The molecule has 1 aromatic heterocycles. The van der Waals surface area contributed by atoms with E-state index in [1.54, 1.807) is 24.4 Å². The first-order chi connectivity index (χ1) is 16.5. The molecule has 0 N–H and O–H groups in total. The second-order valence-corrected chi connectivity index (χ2v) is 10.2. The first kappa shape index (κ1) is 23.0. The standard InChI is InChI=1S/C27H30ClN3O3/c28-22-12-4-3-11-21(22)27(17-25(33)31(26(27)34)20-9-1-2-10-20)16-24(32)30-15-6-5-13-23(30)19-8-7-14-29-18-19/h3-4,7-8,11-12,14,18,20,23H,1-2,5-6,9-10,13,15-17H2/t23-,27+/m1/s1. The maximum atomic E-state index is 14.0. The van der Waals surface area contributed by atoms with Gasteiger partial charge in [0, 0.05) is 42.8 Å². The number of halogens is 1. The minimum Gasteiger partial charge on any atom is -0.336 e. The quantitative estimate of drug-likeness (QED) is 0.576. The normalized spacial score (nSPS) is 25.9. The van der Waals surface area contributed by atoms with Crippen molar-refractivity contribution in [3.8, 4) is 0 Å². The van der Waals surface area contributed by atoms with Gasteiger partial charge in [0.1, 0.15) is 0 Å². The number of pyridine rings is 1. The summed E-state index contributed by atoms with van der Waals surface area (Å²) in [7, 11) is 0. The predicted octanol–water partition coefficient (Wildman–Crippen LogP) is 4.82. The van der Waals surface area contributed by atoms with Crippen LogP contribution in [0.1, 0.15) is 75.0 Å². The fourth-order valence-corrected chi connectivity index (χ4v) is 6.41. The van der Waals surface area contributed by atoms with Crippen molar-refractivity contribution < 1.29 is 14.4 Å². The van der Waals surface area contributed by atoms with E-state index in [1.165, 1.54) is 4.90 Å². The molecule has 34 heavy (non-hydrogen) atoms. The molecule has 0 spiro atoms. The lowest BCUT2D eigenvalue weighted by Gasteiger charge is -2.38. The maximum Gasteiger partial charge on any atom is 0.241 e. The number of imide groups is 1. The highest BCUT2D eigenvalue weighted by Crippen LogP contribution is 2.46. The van der Waals surface area contributed by atoms with Crippen molar-refractivity contribution in [1.82, 2.24) is 14.8 Å². The van der Waals surface area contributed by atoms with Gasteiger partial charge in [-0.15, -0.1) is 0 Å². The molecule has 2 saturated heterocycles. The molecule has 1 saturated carbocycles. The van der Waals surface area contributed by atoms with Gasteiger partial charge in [0.05, 0.1) is 11.5 Å². The highest BCUT2D eigenvalue weighted by Gasteiger charge is 2.56. The Morgan fingerprint density at radius 1 is 1.03 bits per heavy atom. The molecule has 2 aromatic rings. The second-order valence-electron chi connectivity index (χ2n) is 9.81. The molecule has 7 heteroatoms. The number of likely N-dealkylation sites (tertiary alicyclic amines) is 2. The van der Waals surface area contributed by atoms with E-state index in [-0.39, 0.29) is 42.6 Å². The van der Waals surface area contributed by atoms with E-state index in [0.717, 1.165) is 50.5 Å². The topological polar surface area (TPSA) is 70.6 Å². The summed E-state index contributed by atoms with van der Waals surface area (Å²) in [5.41, 5.74) is 0.328. The van der Waals surface area contributed by atoms with E-state index in [1.807, 2.05) is 29.3 Å². The lowest BCUT2D eigenvalue weighted by Crippen LogP contribution is -2.47. The Morgan fingerprint density at radius 2 is 1.79 bits per heavy atom. The van der Waals surface area contributed by atoms with Crippen LogP contribution in [-0.4, -0.2) is 45.1 Å². The third kappa shape index (κ3) is 4.02. The number of benzene rings is 1. The van der Waals surface area contributed by atoms with Crippen LogP contribution in [0.2, 0.25) is 5.02 Å². The van der Waals surface area contributed by atoms with E-state index in [9.17, 15) is 14.4 Å². The minimum atomic E-state index is -1.26. The van der Waals surface area contributed by atoms with Crippen molar-refractivity contribution in [2.75, 3.05) is 6.54 Å². The van der Waals surface area contributed by atoms with Gasteiger partial charge in [0.15, 0.2) is 0 Å². The summed E-state index contributed by atoms with van der Waals surface area (Å²) in [6.07, 6.45) is 9.98. The summed E-state index contributed by atoms with van der Waals surface area (Å²) in [6.45, 7) is 0.630. The fourth-order valence-electron chi connectivity index (χ4n) is 6.10. The largest absolute Gasteiger partial charge is 0.336 e. The van der Waals surface area contributed by atoms with Crippen LogP contribution in [0.3, 0.4) is 0 Å². The predicted molar refractivity (Wildman–Crippen MR) is 129 cm³/mol. The highest BCUT2D eigenvalue weighted by molar-refractivity contribution is 6.32. The number of aromatic nitrogens is 1. The average Bonchev–Trinajstić information content (AvgIpc) is 3.46. The van der Waals surface area contributed by atoms with Crippen LogP contribution in [-0.2, 0) is 19.8 Å². The summed E-state index contributed by atoms with van der Waals surface area (Å²) in [5, 5.41) is 0.423. The molecule has 3 aliphatic rings. The molecule has 3 fully saturated rings. The Kier molecular flexibility index (Phi) is 6.43. The number of carbonyl (C=O) groups excluding carboxylic acids is 3. The Bertz CT molecular complexity index is 1090. The number of carbonyl (C=O) groups is 3. The number of piperidine rings is 1. The van der Waals surface area contributed by atoms with Gasteiger partial charge in [-0.05, 0) is 55.4 Å². The van der Waals surface area contributed by atoms with E-state index < -0.39 is 5.41 Å². The molecule has 2 aliphatic heterocycles. The Morgan fingerprint density at radius 3 is 2.53 bits per heavy atom. The van der Waals surface area contributed by atoms with Gasteiger partial charge in [0.2, 0.25) is 17.7 Å². The molecule has 5 rings (SSSR count). The molecule has 178 valence electrons. The van der Waals surface area contributed by atoms with Crippen LogP contribution >= 0.6 is 11.6 Å². The molecular weight excluding hydrogens is 450 g/mol. The Balaban J connectivity index is 1.50. The monoisotopic (exact) mass is 479 g/mol. The maximum absolute atomic E-state index is 14.0. The number of amides is 3. The fraction of sp³-hybridized carbons (Fsp3) is 0.481. The molecule has 1 aromatic carbocycles. The smallest absolute Gasteiger partial charge is 0.241 e. The van der Waals surface area contributed by atoms with Crippen molar-refractivity contribution >= 4 is 29.3 Å². The molecule has 3 heterocycles. The van der Waals surface area contributed by atoms with Crippen molar-refractivity contribution in [3.63, 3.8) is 0 Å². The summed E-state index contributed by atoms with van der Waals surface area (Å²) in [5.74, 6) is -0.559. The molecule has 2 atom stereocenters. The van der Waals surface area contributed by atoms with E-state index in [0.29, 0.717) is 17.1 Å². The lowest BCUT2D eigenvalue weighted by molar-refractivity contribution is -0.145. The highest BCUT2D eigenvalue weighted by atomic mass is 35.5. The van der Waals surface area contributed by atoms with E-state index in [4.69, 9.17) is 11.6 Å². The van der Waals surface area contributed by atoms with Crippen LogP contribution in [0.4, 0.5) is 0 Å². The first-order valence-corrected chi connectivity index (χ1v) is 12.7. The van der Waals surface area contributed by atoms with Crippen molar-refractivity contribution in [3.05, 3.63) is 64.9 Å². The van der Waals surface area contributed by atoms with Gasteiger partial charge >= 0.3 is 0 Å². The molecule has 0 radical (unpaired) electrons. The lowest BCUT2D eigenvalue weighted by atomic mass is 9.75. The zero-order valence-corrected chi connectivity index (χ0v) is 20.0. The van der Waals surface area contributed by atoms with Gasteiger partial charge in [-0.1, -0.05) is 48.7 Å². The second kappa shape index (κ2) is 9.49. The zero-order chi connectivity index (χ0) is 23.7. The molecule has 1 aliphatic carbocycles. The first-order valence-electron chi connectivity index (χ1n) is 12.3. The number of hydrogen-bond acceptors (Lipinski definition) is 4. The van der Waals surface area contributed by atoms with Crippen LogP contribution in [0.15, 0.2) is 48.8 Å². The summed E-state index contributed by atoms with van der Waals surface area (Å²) in [4.78, 5) is 48.7. The van der Waals surface area contributed by atoms with Crippen LogP contribution in [0, 0.1) is 0 Å². The van der Waals surface area contributed by atoms with Gasteiger partial charge in [0.25, 0.3) is 0 Å². The SMILES string of the molecule is O=C1C[C@@](CC(=O)N2CCCC[C@@H]2c2cccnc2)(c2ccccc2Cl)C(=O)N1C1CCCC1. The minimum absolute atomic E-state index is 0.0107. The van der Waals surface area contributed by atoms with Crippen molar-refractivity contribution in [2.45, 2.75) is 75.3 Å². The van der Waals surface area contributed by atoms with Crippen LogP contribution < -0.4 is 0 Å². The van der Waals surface area contributed by atoms with Gasteiger partial charge in [-0.25, -0.2) is 0 Å². The molecule has 0 unspecified atom stereocenters. The summed E-state index contributed by atoms with van der Waals surface area (Å²) < 4.78 is 0. The summed E-state index contributed by atoms with van der Waals surface area (Å²) >= 11 is 6.59. The average molecular weight is 480 g/mol. The van der Waals surface area contributed by atoms with Crippen molar-refractivity contribution in [1.29, 1.82) is 0 Å². The molecule has 0 bridgehead atoms. The van der Waals surface area contributed by atoms with Crippen molar-refractivity contribution in [2.24, 2.45) is 0 Å². The number of nitrogens with zero attached hydrogens (tertiary/aromatic N) is 3. The molecular formula is C27H30ClN3O3. The molecule has 3 amide bonds. The Hall–Kier alpha value is -2.73. The van der Waals surface area contributed by atoms with Gasteiger partial charge < -0.3 is 4.90 Å². The summed E-state index contributed by atoms with van der Waals surface area (Å²) in [6, 6.07) is 10.9.